The lowest BCUT2D eigenvalue weighted by atomic mass is 9.96. The smallest absolute Gasteiger partial charge is 0.251 e. The molecule has 6 nitrogen and oxygen atoms in total. The van der Waals surface area contributed by atoms with Gasteiger partial charge in [-0.25, -0.2) is 0 Å². The number of hydrogen-bond acceptors (Lipinski definition) is 5. The zero-order valence-electron chi connectivity index (χ0n) is 17.6. The Balaban J connectivity index is 2.29. The van der Waals surface area contributed by atoms with E-state index >= 15 is 0 Å². The molecule has 6 heteroatoms. The second kappa shape index (κ2) is 9.35. The van der Waals surface area contributed by atoms with Gasteiger partial charge in [0.2, 0.25) is 5.75 Å². The summed E-state index contributed by atoms with van der Waals surface area (Å²) < 4.78 is 21.6. The Hall–Kier alpha value is -2.89. The normalized spacial score (nSPS) is 10.6. The minimum absolute atomic E-state index is 0.154. The third kappa shape index (κ3) is 4.32. The second-order valence-electron chi connectivity index (χ2n) is 6.74. The Bertz CT molecular complexity index is 845. The summed E-state index contributed by atoms with van der Waals surface area (Å²) in [6.07, 6.45) is 0. The second-order valence-corrected chi connectivity index (χ2v) is 6.74. The molecule has 0 aliphatic heterocycles. The molecule has 0 atom stereocenters. The van der Waals surface area contributed by atoms with E-state index < -0.39 is 0 Å². The summed E-state index contributed by atoms with van der Waals surface area (Å²) in [6.45, 7) is 6.34. The summed E-state index contributed by atoms with van der Waals surface area (Å²) in [5, 5.41) is 2.97. The molecule has 0 bridgehead atoms. The van der Waals surface area contributed by atoms with Gasteiger partial charge in [-0.1, -0.05) is 13.8 Å². The highest BCUT2D eigenvalue weighted by molar-refractivity contribution is 5.96. The van der Waals surface area contributed by atoms with Crippen molar-refractivity contribution in [2.24, 2.45) is 0 Å². The van der Waals surface area contributed by atoms with Gasteiger partial charge in [-0.2, -0.15) is 0 Å². The van der Waals surface area contributed by atoms with Gasteiger partial charge in [0.1, 0.15) is 5.75 Å². The van der Waals surface area contributed by atoms with E-state index in [1.807, 2.05) is 25.1 Å². The first-order valence-corrected chi connectivity index (χ1v) is 9.12. The third-order valence-electron chi connectivity index (χ3n) is 4.67. The maximum Gasteiger partial charge on any atom is 0.251 e. The Labute approximate surface area is 166 Å². The Morgan fingerprint density at radius 1 is 0.929 bits per heavy atom. The Morgan fingerprint density at radius 3 is 2.11 bits per heavy atom. The van der Waals surface area contributed by atoms with E-state index in [1.165, 1.54) is 0 Å². The molecule has 1 amide bonds. The Morgan fingerprint density at radius 2 is 1.57 bits per heavy atom. The van der Waals surface area contributed by atoms with Gasteiger partial charge in [-0.05, 0) is 48.2 Å². The fourth-order valence-electron chi connectivity index (χ4n) is 3.14. The molecule has 28 heavy (non-hydrogen) atoms. The average molecular weight is 387 g/mol. The molecule has 0 heterocycles. The van der Waals surface area contributed by atoms with Crippen molar-refractivity contribution < 1.29 is 23.7 Å². The van der Waals surface area contributed by atoms with Crippen LogP contribution in [0.1, 0.15) is 46.8 Å². The molecule has 0 saturated carbocycles. The van der Waals surface area contributed by atoms with Crippen LogP contribution >= 0.6 is 0 Å². The molecule has 152 valence electrons. The largest absolute Gasteiger partial charge is 0.496 e. The van der Waals surface area contributed by atoms with Gasteiger partial charge in [-0.3, -0.25) is 4.79 Å². The lowest BCUT2D eigenvalue weighted by Crippen LogP contribution is -2.24. The van der Waals surface area contributed by atoms with E-state index in [1.54, 1.807) is 34.5 Å². The predicted molar refractivity (Wildman–Crippen MR) is 109 cm³/mol. The molecule has 0 fully saturated rings. The van der Waals surface area contributed by atoms with Gasteiger partial charge < -0.3 is 24.3 Å². The number of carbonyl (C=O) groups excluding carboxylic acids is 1. The van der Waals surface area contributed by atoms with Crippen LogP contribution in [0.25, 0.3) is 0 Å². The minimum Gasteiger partial charge on any atom is -0.496 e. The summed E-state index contributed by atoms with van der Waals surface area (Å²) >= 11 is 0. The number of aryl methyl sites for hydroxylation is 1. The van der Waals surface area contributed by atoms with Gasteiger partial charge in [0.15, 0.2) is 11.5 Å². The van der Waals surface area contributed by atoms with Crippen molar-refractivity contribution in [2.45, 2.75) is 33.2 Å². The van der Waals surface area contributed by atoms with Crippen LogP contribution in [0, 0.1) is 6.92 Å². The number of benzene rings is 2. The highest BCUT2D eigenvalue weighted by Gasteiger charge is 2.19. The van der Waals surface area contributed by atoms with Crippen molar-refractivity contribution in [2.75, 3.05) is 28.4 Å². The standard InChI is InChI=1S/C22H29NO5/c1-13(2)16-11-17(14(3)10-19(16)26-5)22(24)23-12-15-8-9-18(25-4)21(28-7)20(15)27-6/h8-11,13H,12H2,1-7H3,(H,23,24). The van der Waals surface area contributed by atoms with Crippen molar-refractivity contribution >= 4 is 5.91 Å². The lowest BCUT2D eigenvalue weighted by molar-refractivity contribution is 0.0950. The monoisotopic (exact) mass is 387 g/mol. The minimum atomic E-state index is -0.154. The van der Waals surface area contributed by atoms with Crippen molar-refractivity contribution in [3.05, 3.63) is 46.5 Å². The molecule has 0 aromatic heterocycles. The number of nitrogens with one attached hydrogen (secondary N) is 1. The molecule has 1 N–H and O–H groups in total. The molecule has 2 aromatic rings. The van der Waals surface area contributed by atoms with Crippen LogP contribution in [-0.4, -0.2) is 34.3 Å². The molecule has 2 rings (SSSR count). The Kier molecular flexibility index (Phi) is 7.15. The quantitative estimate of drug-likeness (QED) is 0.739. The zero-order chi connectivity index (χ0) is 20.8. The molecule has 2 aromatic carbocycles. The summed E-state index contributed by atoms with van der Waals surface area (Å²) in [4.78, 5) is 12.8. The highest BCUT2D eigenvalue weighted by atomic mass is 16.5. The molecular weight excluding hydrogens is 358 g/mol. The third-order valence-corrected chi connectivity index (χ3v) is 4.67. The first-order chi connectivity index (χ1) is 13.4. The van der Waals surface area contributed by atoms with E-state index in [4.69, 9.17) is 18.9 Å². The number of amides is 1. The van der Waals surface area contributed by atoms with Crippen molar-refractivity contribution in [1.82, 2.24) is 5.32 Å². The topological polar surface area (TPSA) is 66.0 Å². The summed E-state index contributed by atoms with van der Waals surface area (Å²) in [5.74, 6) is 2.50. The number of rotatable bonds is 8. The van der Waals surface area contributed by atoms with Crippen LogP contribution in [-0.2, 0) is 6.54 Å². The maximum atomic E-state index is 12.8. The van der Waals surface area contributed by atoms with Crippen LogP contribution < -0.4 is 24.3 Å². The van der Waals surface area contributed by atoms with Crippen LogP contribution in [0.5, 0.6) is 23.0 Å². The molecule has 0 saturated heterocycles. The van der Waals surface area contributed by atoms with Gasteiger partial charge in [0.25, 0.3) is 5.91 Å². The number of carbonyl (C=O) groups is 1. The maximum absolute atomic E-state index is 12.8. The van der Waals surface area contributed by atoms with Crippen molar-refractivity contribution in [3.8, 4) is 23.0 Å². The van der Waals surface area contributed by atoms with Crippen molar-refractivity contribution in [3.63, 3.8) is 0 Å². The van der Waals surface area contributed by atoms with E-state index in [2.05, 4.69) is 19.2 Å². The van der Waals surface area contributed by atoms with E-state index in [0.717, 1.165) is 22.4 Å². The molecule has 0 unspecified atom stereocenters. The first kappa shape index (κ1) is 21.4. The van der Waals surface area contributed by atoms with Gasteiger partial charge in [0, 0.05) is 17.7 Å². The number of methoxy groups -OCH3 is 4. The molecular formula is C22H29NO5. The van der Waals surface area contributed by atoms with Crippen LogP contribution in [0.2, 0.25) is 0 Å². The predicted octanol–water partition coefficient (Wildman–Crippen LogP) is 4.08. The van der Waals surface area contributed by atoms with E-state index in [0.29, 0.717) is 29.4 Å². The molecule has 0 spiro atoms. The summed E-state index contributed by atoms with van der Waals surface area (Å²) in [6, 6.07) is 7.44. The van der Waals surface area contributed by atoms with Crippen LogP contribution in [0.4, 0.5) is 0 Å². The summed E-state index contributed by atoms with van der Waals surface area (Å²) in [7, 11) is 6.32. The van der Waals surface area contributed by atoms with Gasteiger partial charge >= 0.3 is 0 Å². The van der Waals surface area contributed by atoms with Gasteiger partial charge in [-0.15, -0.1) is 0 Å². The molecule has 0 radical (unpaired) electrons. The average Bonchev–Trinajstić information content (AvgIpc) is 2.70. The number of hydrogen-bond donors (Lipinski definition) is 1. The zero-order valence-corrected chi connectivity index (χ0v) is 17.6. The SMILES string of the molecule is COc1cc(C)c(C(=O)NCc2ccc(OC)c(OC)c2OC)cc1C(C)C. The number of ether oxygens (including phenoxy) is 4. The van der Waals surface area contributed by atoms with E-state index in [-0.39, 0.29) is 11.8 Å². The fourth-order valence-corrected chi connectivity index (χ4v) is 3.14. The summed E-state index contributed by atoms with van der Waals surface area (Å²) in [5.41, 5.74) is 3.28. The molecule has 0 aliphatic carbocycles. The first-order valence-electron chi connectivity index (χ1n) is 9.12. The van der Waals surface area contributed by atoms with Crippen molar-refractivity contribution in [1.29, 1.82) is 0 Å². The van der Waals surface area contributed by atoms with Gasteiger partial charge in [0.05, 0.1) is 28.4 Å². The fraction of sp³-hybridized carbons (Fsp3) is 0.409. The molecule has 0 aliphatic rings. The lowest BCUT2D eigenvalue weighted by Gasteiger charge is -2.17. The highest BCUT2D eigenvalue weighted by Crippen LogP contribution is 2.39. The van der Waals surface area contributed by atoms with E-state index in [9.17, 15) is 4.79 Å². The van der Waals surface area contributed by atoms with Crippen LogP contribution in [0.3, 0.4) is 0 Å². The van der Waals surface area contributed by atoms with Crippen LogP contribution in [0.15, 0.2) is 24.3 Å².